The minimum absolute atomic E-state index is 0.391. The Hall–Kier alpha value is -1.97. The standard InChI is InChI=1S/C15H20O4/c1-15(2,3)19-14(16)9-6-11-10-12(17-4)7-8-13(11)18-5/h6-10H,1-5H3/b9-6+. The molecule has 4 heteroatoms. The summed E-state index contributed by atoms with van der Waals surface area (Å²) in [7, 11) is 3.16. The summed E-state index contributed by atoms with van der Waals surface area (Å²) in [4.78, 5) is 11.6. The van der Waals surface area contributed by atoms with Crippen molar-refractivity contribution in [2.24, 2.45) is 0 Å². The van der Waals surface area contributed by atoms with Gasteiger partial charge in [-0.05, 0) is 45.0 Å². The van der Waals surface area contributed by atoms with E-state index in [0.29, 0.717) is 11.5 Å². The number of carbonyl (C=O) groups excluding carboxylic acids is 1. The molecule has 0 heterocycles. The van der Waals surface area contributed by atoms with Crippen LogP contribution in [0.15, 0.2) is 24.3 Å². The van der Waals surface area contributed by atoms with Crippen LogP contribution in [0.25, 0.3) is 6.08 Å². The lowest BCUT2D eigenvalue weighted by Gasteiger charge is -2.18. The number of hydrogen-bond acceptors (Lipinski definition) is 4. The summed E-state index contributed by atoms with van der Waals surface area (Å²) in [6.07, 6.45) is 3.03. The van der Waals surface area contributed by atoms with Crippen molar-refractivity contribution in [3.8, 4) is 11.5 Å². The third-order valence-corrected chi connectivity index (χ3v) is 2.24. The number of methoxy groups -OCH3 is 2. The molecule has 0 aliphatic heterocycles. The lowest BCUT2D eigenvalue weighted by atomic mass is 10.1. The molecule has 0 fully saturated rings. The number of esters is 1. The first-order valence-corrected chi connectivity index (χ1v) is 5.99. The van der Waals surface area contributed by atoms with E-state index in [9.17, 15) is 4.79 Å². The highest BCUT2D eigenvalue weighted by Crippen LogP contribution is 2.25. The number of hydrogen-bond donors (Lipinski definition) is 0. The van der Waals surface area contributed by atoms with E-state index < -0.39 is 11.6 Å². The van der Waals surface area contributed by atoms with E-state index in [0.717, 1.165) is 5.56 Å². The van der Waals surface area contributed by atoms with Gasteiger partial charge >= 0.3 is 5.97 Å². The van der Waals surface area contributed by atoms with Crippen LogP contribution < -0.4 is 9.47 Å². The Bertz CT molecular complexity index is 470. The molecule has 1 rings (SSSR count). The fourth-order valence-electron chi connectivity index (χ4n) is 1.46. The van der Waals surface area contributed by atoms with Gasteiger partial charge in [-0.3, -0.25) is 0 Å². The Kier molecular flexibility index (Phi) is 4.98. The van der Waals surface area contributed by atoms with E-state index in [1.165, 1.54) is 6.08 Å². The Morgan fingerprint density at radius 1 is 1.16 bits per heavy atom. The molecule has 0 unspecified atom stereocenters. The van der Waals surface area contributed by atoms with Gasteiger partial charge in [0.25, 0.3) is 0 Å². The second kappa shape index (κ2) is 6.27. The predicted molar refractivity (Wildman–Crippen MR) is 74.4 cm³/mol. The van der Waals surface area contributed by atoms with Gasteiger partial charge in [-0.15, -0.1) is 0 Å². The smallest absolute Gasteiger partial charge is 0.331 e. The molecule has 0 saturated carbocycles. The van der Waals surface area contributed by atoms with Gasteiger partial charge in [0.05, 0.1) is 14.2 Å². The van der Waals surface area contributed by atoms with Gasteiger partial charge in [0.15, 0.2) is 0 Å². The first-order chi connectivity index (χ1) is 8.85. The third-order valence-electron chi connectivity index (χ3n) is 2.24. The van der Waals surface area contributed by atoms with Crippen molar-refractivity contribution in [3.05, 3.63) is 29.8 Å². The van der Waals surface area contributed by atoms with Crippen LogP contribution in [0.1, 0.15) is 26.3 Å². The van der Waals surface area contributed by atoms with Crippen molar-refractivity contribution in [1.82, 2.24) is 0 Å². The molecule has 19 heavy (non-hydrogen) atoms. The highest BCUT2D eigenvalue weighted by molar-refractivity contribution is 5.88. The molecule has 0 aromatic heterocycles. The maximum atomic E-state index is 11.6. The maximum absolute atomic E-state index is 11.6. The van der Waals surface area contributed by atoms with Crippen molar-refractivity contribution in [2.75, 3.05) is 14.2 Å². The van der Waals surface area contributed by atoms with Crippen LogP contribution in [0, 0.1) is 0 Å². The van der Waals surface area contributed by atoms with Crippen LogP contribution in [0.3, 0.4) is 0 Å². The summed E-state index contributed by atoms with van der Waals surface area (Å²) in [5.74, 6) is 0.975. The van der Waals surface area contributed by atoms with Gasteiger partial charge in [0, 0.05) is 11.6 Å². The van der Waals surface area contributed by atoms with Crippen molar-refractivity contribution in [3.63, 3.8) is 0 Å². The van der Waals surface area contributed by atoms with E-state index in [1.54, 1.807) is 38.5 Å². The Labute approximate surface area is 114 Å². The summed E-state index contributed by atoms with van der Waals surface area (Å²) in [6.45, 7) is 5.47. The minimum Gasteiger partial charge on any atom is -0.497 e. The molecular formula is C15H20O4. The third kappa shape index (κ3) is 5.04. The molecule has 1 aromatic rings. The number of carbonyl (C=O) groups is 1. The normalized spacial score (nSPS) is 11.4. The summed E-state index contributed by atoms with van der Waals surface area (Å²) < 4.78 is 15.5. The molecular weight excluding hydrogens is 244 g/mol. The van der Waals surface area contributed by atoms with Gasteiger partial charge < -0.3 is 14.2 Å². The predicted octanol–water partition coefficient (Wildman–Crippen LogP) is 3.06. The second-order valence-electron chi connectivity index (χ2n) is 4.97. The van der Waals surface area contributed by atoms with E-state index in [-0.39, 0.29) is 0 Å². The fraction of sp³-hybridized carbons (Fsp3) is 0.400. The molecule has 0 aliphatic rings. The molecule has 0 bridgehead atoms. The fourth-order valence-corrected chi connectivity index (χ4v) is 1.46. The number of ether oxygens (including phenoxy) is 3. The van der Waals surface area contributed by atoms with Gasteiger partial charge in [-0.2, -0.15) is 0 Å². The van der Waals surface area contributed by atoms with Crippen molar-refractivity contribution >= 4 is 12.0 Å². The van der Waals surface area contributed by atoms with Crippen molar-refractivity contribution in [1.29, 1.82) is 0 Å². The van der Waals surface area contributed by atoms with E-state index in [4.69, 9.17) is 14.2 Å². The van der Waals surface area contributed by atoms with E-state index >= 15 is 0 Å². The molecule has 0 spiro atoms. The van der Waals surface area contributed by atoms with Crippen LogP contribution in [0.5, 0.6) is 11.5 Å². The Balaban J connectivity index is 2.88. The SMILES string of the molecule is COc1ccc(OC)c(/C=C/C(=O)OC(C)(C)C)c1. The van der Waals surface area contributed by atoms with Crippen molar-refractivity contribution in [2.45, 2.75) is 26.4 Å². The van der Waals surface area contributed by atoms with Crippen LogP contribution in [-0.2, 0) is 9.53 Å². The molecule has 0 aliphatic carbocycles. The maximum Gasteiger partial charge on any atom is 0.331 e. The zero-order valence-corrected chi connectivity index (χ0v) is 12.0. The molecule has 0 saturated heterocycles. The van der Waals surface area contributed by atoms with Gasteiger partial charge in [-0.1, -0.05) is 0 Å². The molecule has 0 N–H and O–H groups in total. The summed E-state index contributed by atoms with van der Waals surface area (Å²) in [6, 6.07) is 5.37. The first kappa shape index (κ1) is 15.1. The topological polar surface area (TPSA) is 44.8 Å². The lowest BCUT2D eigenvalue weighted by Crippen LogP contribution is -2.22. The Morgan fingerprint density at radius 2 is 1.84 bits per heavy atom. The van der Waals surface area contributed by atoms with Crippen LogP contribution in [0.4, 0.5) is 0 Å². The largest absolute Gasteiger partial charge is 0.497 e. The quantitative estimate of drug-likeness (QED) is 0.619. The average Bonchev–Trinajstić information content (AvgIpc) is 2.33. The van der Waals surface area contributed by atoms with Crippen LogP contribution in [0.2, 0.25) is 0 Å². The highest BCUT2D eigenvalue weighted by atomic mass is 16.6. The lowest BCUT2D eigenvalue weighted by molar-refractivity contribution is -0.148. The van der Waals surface area contributed by atoms with Crippen LogP contribution >= 0.6 is 0 Å². The summed E-state index contributed by atoms with van der Waals surface area (Å²) in [5, 5.41) is 0. The summed E-state index contributed by atoms with van der Waals surface area (Å²) in [5.41, 5.74) is 0.257. The van der Waals surface area contributed by atoms with Gasteiger partial charge in [-0.25, -0.2) is 4.79 Å². The van der Waals surface area contributed by atoms with Gasteiger partial charge in [0.1, 0.15) is 17.1 Å². The number of benzene rings is 1. The number of rotatable bonds is 4. The molecule has 1 aromatic carbocycles. The molecule has 104 valence electrons. The molecule has 4 nitrogen and oxygen atoms in total. The van der Waals surface area contributed by atoms with Crippen molar-refractivity contribution < 1.29 is 19.0 Å². The van der Waals surface area contributed by atoms with E-state index in [1.807, 2.05) is 20.8 Å². The zero-order valence-electron chi connectivity index (χ0n) is 12.0. The zero-order chi connectivity index (χ0) is 14.5. The van der Waals surface area contributed by atoms with Gasteiger partial charge in [0.2, 0.25) is 0 Å². The second-order valence-corrected chi connectivity index (χ2v) is 4.97. The monoisotopic (exact) mass is 264 g/mol. The van der Waals surface area contributed by atoms with E-state index in [2.05, 4.69) is 0 Å². The molecule has 0 amide bonds. The first-order valence-electron chi connectivity index (χ1n) is 5.99. The Morgan fingerprint density at radius 3 is 2.37 bits per heavy atom. The summed E-state index contributed by atoms with van der Waals surface area (Å²) >= 11 is 0. The average molecular weight is 264 g/mol. The van der Waals surface area contributed by atoms with Crippen LogP contribution in [-0.4, -0.2) is 25.8 Å². The molecule has 0 atom stereocenters. The molecule has 0 radical (unpaired) electrons. The minimum atomic E-state index is -0.500. The highest BCUT2D eigenvalue weighted by Gasteiger charge is 2.14.